The van der Waals surface area contributed by atoms with Crippen LogP contribution in [0.3, 0.4) is 0 Å². The van der Waals surface area contributed by atoms with Gasteiger partial charge in [-0.1, -0.05) is 26.0 Å². The minimum Gasteiger partial charge on any atom is -0.497 e. The summed E-state index contributed by atoms with van der Waals surface area (Å²) >= 11 is 4.41. The zero-order valence-electron chi connectivity index (χ0n) is 15.3. The molecule has 5 nitrogen and oxygen atoms in total. The van der Waals surface area contributed by atoms with Gasteiger partial charge in [0.25, 0.3) is 0 Å². The van der Waals surface area contributed by atoms with Gasteiger partial charge in [-0.25, -0.2) is 0 Å². The first-order valence-corrected chi connectivity index (χ1v) is 9.55. The molecular weight excluding hydrogens is 355 g/mol. The molecule has 1 rings (SSSR count). The first-order chi connectivity index (χ1) is 11.8. The second kappa shape index (κ2) is 10.7. The Bertz CT molecular complexity index is 564. The van der Waals surface area contributed by atoms with Gasteiger partial charge in [0, 0.05) is 18.5 Å². The number of carbonyl (C=O) groups is 2. The summed E-state index contributed by atoms with van der Waals surface area (Å²) in [7, 11) is 5.74. The molecule has 0 aliphatic heterocycles. The van der Waals surface area contributed by atoms with Gasteiger partial charge in [0.2, 0.25) is 11.8 Å². The Hall–Kier alpha value is -1.26. The van der Waals surface area contributed by atoms with Crippen molar-refractivity contribution in [1.82, 2.24) is 10.6 Å². The molecule has 0 saturated heterocycles. The van der Waals surface area contributed by atoms with Crippen LogP contribution in [0.5, 0.6) is 5.75 Å². The summed E-state index contributed by atoms with van der Waals surface area (Å²) in [5.41, 5.74) is 0.948. The second-order valence-electron chi connectivity index (χ2n) is 6.45. The number of amides is 2. The summed E-state index contributed by atoms with van der Waals surface area (Å²) in [4.78, 5) is 24.7. The molecule has 2 unspecified atom stereocenters. The lowest BCUT2D eigenvalue weighted by Gasteiger charge is -2.25. The van der Waals surface area contributed by atoms with Crippen molar-refractivity contribution in [2.24, 2.45) is 11.8 Å². The van der Waals surface area contributed by atoms with Crippen LogP contribution < -0.4 is 15.4 Å². The van der Waals surface area contributed by atoms with E-state index in [0.717, 1.165) is 11.3 Å². The van der Waals surface area contributed by atoms with Crippen LogP contribution in [0.2, 0.25) is 0 Å². The fourth-order valence-corrected chi connectivity index (χ4v) is 3.16. The molecule has 0 fully saturated rings. The van der Waals surface area contributed by atoms with Gasteiger partial charge in [0.05, 0.1) is 13.0 Å². The molecule has 2 amide bonds. The van der Waals surface area contributed by atoms with Gasteiger partial charge in [0.15, 0.2) is 0 Å². The normalized spacial score (nSPS) is 14.5. The third-order valence-corrected chi connectivity index (χ3v) is 4.78. The molecule has 4 atom stereocenters. The minimum absolute atomic E-state index is 0.147. The van der Waals surface area contributed by atoms with Crippen LogP contribution in [-0.4, -0.2) is 37.0 Å². The lowest BCUT2D eigenvalue weighted by molar-refractivity contribution is -0.130. The third kappa shape index (κ3) is 7.25. The molecule has 0 heterocycles. The molecule has 0 radical (unpaired) electrons. The van der Waals surface area contributed by atoms with Crippen molar-refractivity contribution in [2.75, 3.05) is 14.2 Å². The van der Waals surface area contributed by atoms with Gasteiger partial charge < -0.3 is 15.4 Å². The summed E-state index contributed by atoms with van der Waals surface area (Å²) in [6, 6.07) is 6.84. The van der Waals surface area contributed by atoms with Crippen LogP contribution in [-0.2, 0) is 16.0 Å². The molecule has 140 valence electrons. The average Bonchev–Trinajstić information content (AvgIpc) is 2.58. The van der Waals surface area contributed by atoms with Gasteiger partial charge in [-0.05, 0) is 30.0 Å². The molecular formula is C18H29N2O3PS. The van der Waals surface area contributed by atoms with Crippen LogP contribution in [0.1, 0.15) is 25.8 Å². The molecule has 0 aromatic heterocycles. The van der Waals surface area contributed by atoms with E-state index >= 15 is 0 Å². The predicted octanol–water partition coefficient (Wildman–Crippen LogP) is 2.26. The average molecular weight is 384 g/mol. The Morgan fingerprint density at radius 3 is 2.24 bits per heavy atom. The SMILES string of the molecule is CNC(=O)[C@H](Cc1ccc(OC)cc1)NC(=O)[C@H](CC(C)C)C(P)S. The maximum absolute atomic E-state index is 12.7. The number of nitrogens with one attached hydrogen (secondary N) is 2. The molecule has 0 bridgehead atoms. The number of benzene rings is 1. The topological polar surface area (TPSA) is 67.4 Å². The summed E-state index contributed by atoms with van der Waals surface area (Å²) < 4.78 is 5.14. The zero-order chi connectivity index (χ0) is 19.0. The molecule has 2 N–H and O–H groups in total. The molecule has 1 aromatic carbocycles. The highest BCUT2D eigenvalue weighted by Crippen LogP contribution is 2.24. The van der Waals surface area contributed by atoms with E-state index in [1.807, 2.05) is 24.3 Å². The van der Waals surface area contributed by atoms with Crippen LogP contribution in [0.15, 0.2) is 24.3 Å². The first kappa shape index (κ1) is 21.8. The maximum Gasteiger partial charge on any atom is 0.242 e. The molecule has 25 heavy (non-hydrogen) atoms. The number of hydrogen-bond donors (Lipinski definition) is 3. The van der Waals surface area contributed by atoms with Gasteiger partial charge in [-0.2, -0.15) is 12.6 Å². The monoisotopic (exact) mass is 384 g/mol. The third-order valence-electron chi connectivity index (χ3n) is 3.95. The van der Waals surface area contributed by atoms with Crippen LogP contribution in [0.25, 0.3) is 0 Å². The minimum atomic E-state index is -0.627. The molecule has 0 saturated carbocycles. The summed E-state index contributed by atoms with van der Waals surface area (Å²) in [6.07, 6.45) is 1.13. The Kier molecular flexibility index (Phi) is 9.30. The highest BCUT2D eigenvalue weighted by atomic mass is 32.1. The van der Waals surface area contributed by atoms with E-state index in [4.69, 9.17) is 4.74 Å². The van der Waals surface area contributed by atoms with Crippen LogP contribution >= 0.6 is 21.9 Å². The smallest absolute Gasteiger partial charge is 0.242 e. The summed E-state index contributed by atoms with van der Waals surface area (Å²) in [5.74, 6) is 0.488. The Morgan fingerprint density at radius 2 is 1.80 bits per heavy atom. The maximum atomic E-state index is 12.7. The fraction of sp³-hybridized carbons (Fsp3) is 0.556. The first-order valence-electron chi connectivity index (χ1n) is 8.37. The van der Waals surface area contributed by atoms with Gasteiger partial charge in [-0.15, -0.1) is 9.24 Å². The van der Waals surface area contributed by atoms with Crippen molar-refractivity contribution in [1.29, 1.82) is 0 Å². The molecule has 0 aliphatic carbocycles. The fourth-order valence-electron chi connectivity index (χ4n) is 2.57. The largest absolute Gasteiger partial charge is 0.497 e. The van der Waals surface area contributed by atoms with Crippen molar-refractivity contribution >= 4 is 33.7 Å². The van der Waals surface area contributed by atoms with Crippen LogP contribution in [0.4, 0.5) is 0 Å². The van der Waals surface area contributed by atoms with Crippen LogP contribution in [0, 0.1) is 11.8 Å². The highest BCUT2D eigenvalue weighted by molar-refractivity contribution is 7.85. The van der Waals surface area contributed by atoms with E-state index in [-0.39, 0.29) is 22.7 Å². The number of carbonyl (C=O) groups excluding carboxylic acids is 2. The Balaban J connectivity index is 2.86. The Morgan fingerprint density at radius 1 is 1.20 bits per heavy atom. The number of hydrogen-bond acceptors (Lipinski definition) is 4. The van der Waals surface area contributed by atoms with E-state index in [1.54, 1.807) is 14.2 Å². The molecule has 7 heteroatoms. The van der Waals surface area contributed by atoms with E-state index in [1.165, 1.54) is 0 Å². The highest BCUT2D eigenvalue weighted by Gasteiger charge is 2.28. The summed E-state index contributed by atoms with van der Waals surface area (Å²) in [6.45, 7) is 4.13. The van der Waals surface area contributed by atoms with Crippen molar-refractivity contribution < 1.29 is 14.3 Å². The molecule has 0 aliphatic rings. The lowest BCUT2D eigenvalue weighted by atomic mass is 9.96. The van der Waals surface area contributed by atoms with Crippen molar-refractivity contribution in [3.05, 3.63) is 29.8 Å². The van der Waals surface area contributed by atoms with E-state index < -0.39 is 6.04 Å². The Labute approximate surface area is 158 Å². The zero-order valence-corrected chi connectivity index (χ0v) is 17.3. The van der Waals surface area contributed by atoms with E-state index in [2.05, 4.69) is 46.3 Å². The van der Waals surface area contributed by atoms with E-state index in [9.17, 15) is 9.59 Å². The number of likely N-dealkylation sites (N-methyl/N-ethyl adjacent to an activating group) is 1. The van der Waals surface area contributed by atoms with Crippen molar-refractivity contribution in [3.8, 4) is 5.75 Å². The molecule has 0 spiro atoms. The summed E-state index contributed by atoms with van der Waals surface area (Å²) in [5, 5.41) is 5.51. The standard InChI is InChI=1S/C18H29N2O3PS/c1-11(2)9-14(18(24)25)16(21)20-15(17(22)19-3)10-12-5-7-13(23-4)8-6-12/h5-8,11,14-15,18,25H,9-10,24H2,1-4H3,(H,19,22)(H,20,21)/t14-,15-,18?/m0/s1. The second-order valence-corrected chi connectivity index (χ2v) is 8.33. The van der Waals surface area contributed by atoms with Crippen molar-refractivity contribution in [3.63, 3.8) is 0 Å². The van der Waals surface area contributed by atoms with E-state index in [0.29, 0.717) is 18.8 Å². The number of ether oxygens (including phenoxy) is 1. The van der Waals surface area contributed by atoms with Crippen molar-refractivity contribution in [2.45, 2.75) is 37.7 Å². The van der Waals surface area contributed by atoms with Gasteiger partial charge in [-0.3, -0.25) is 9.59 Å². The number of methoxy groups -OCH3 is 1. The quantitative estimate of drug-likeness (QED) is 0.452. The molecule has 1 aromatic rings. The predicted molar refractivity (Wildman–Crippen MR) is 108 cm³/mol. The number of thiol groups is 1. The van der Waals surface area contributed by atoms with Gasteiger partial charge in [0.1, 0.15) is 11.8 Å². The number of rotatable bonds is 9. The van der Waals surface area contributed by atoms with Gasteiger partial charge >= 0.3 is 0 Å². The lowest BCUT2D eigenvalue weighted by Crippen LogP contribution is -2.49.